The average Bonchev–Trinajstić information content (AvgIpc) is 2.30. The van der Waals surface area contributed by atoms with Gasteiger partial charge in [-0.2, -0.15) is 0 Å². The second kappa shape index (κ2) is 5.58. The van der Waals surface area contributed by atoms with Gasteiger partial charge in [0.25, 0.3) is 5.56 Å². The van der Waals surface area contributed by atoms with Crippen LogP contribution in [0, 0.1) is 0 Å². The lowest BCUT2D eigenvalue weighted by Gasteiger charge is -2.04. The van der Waals surface area contributed by atoms with Crippen LogP contribution in [0.15, 0.2) is 40.4 Å². The zero-order valence-electron chi connectivity index (χ0n) is 8.61. The number of aromatic nitrogens is 2. The summed E-state index contributed by atoms with van der Waals surface area (Å²) in [6, 6.07) is 6.66. The molecule has 2 rings (SSSR count). The maximum absolute atomic E-state index is 11.1. The van der Waals surface area contributed by atoms with Gasteiger partial charge in [0.1, 0.15) is 0 Å². The summed E-state index contributed by atoms with van der Waals surface area (Å²) in [5.41, 5.74) is 0.746. The van der Waals surface area contributed by atoms with Crippen molar-refractivity contribution in [2.45, 2.75) is 10.9 Å². The molecule has 0 saturated carbocycles. The number of benzene rings is 1. The Kier molecular flexibility index (Phi) is 4.10. The maximum Gasteiger partial charge on any atom is 0.251 e. The van der Waals surface area contributed by atoms with E-state index in [1.54, 1.807) is 18.2 Å². The SMILES string of the molecule is O=c1ccnc(SCc2cc(Cl)ccc2Cl)[nH]1. The van der Waals surface area contributed by atoms with Crippen LogP contribution in [0.5, 0.6) is 0 Å². The highest BCUT2D eigenvalue weighted by Gasteiger charge is 2.03. The Balaban J connectivity index is 2.12. The molecule has 0 radical (unpaired) electrons. The van der Waals surface area contributed by atoms with Gasteiger partial charge in [-0.25, -0.2) is 4.98 Å². The first kappa shape index (κ1) is 12.5. The van der Waals surface area contributed by atoms with Gasteiger partial charge >= 0.3 is 0 Å². The number of halogens is 2. The van der Waals surface area contributed by atoms with Crippen LogP contribution in [0.2, 0.25) is 10.0 Å². The third kappa shape index (κ3) is 3.49. The molecule has 0 aliphatic rings. The number of hydrogen-bond acceptors (Lipinski definition) is 3. The van der Waals surface area contributed by atoms with Crippen molar-refractivity contribution in [1.82, 2.24) is 9.97 Å². The van der Waals surface area contributed by atoms with Crippen molar-refractivity contribution < 1.29 is 0 Å². The number of nitrogens with zero attached hydrogens (tertiary/aromatic N) is 1. The van der Waals surface area contributed by atoms with E-state index in [1.807, 2.05) is 0 Å². The molecule has 0 saturated heterocycles. The predicted octanol–water partition coefficient (Wildman–Crippen LogP) is 3.37. The van der Waals surface area contributed by atoms with Crippen molar-refractivity contribution in [2.24, 2.45) is 0 Å². The molecule has 2 aromatic rings. The van der Waals surface area contributed by atoms with Crippen molar-refractivity contribution in [3.8, 4) is 0 Å². The molecule has 1 heterocycles. The fourth-order valence-corrected chi connectivity index (χ4v) is 2.52. The van der Waals surface area contributed by atoms with Crippen molar-refractivity contribution in [3.63, 3.8) is 0 Å². The number of H-pyrrole nitrogens is 1. The van der Waals surface area contributed by atoms with Crippen molar-refractivity contribution in [2.75, 3.05) is 0 Å². The molecule has 0 bridgehead atoms. The van der Waals surface area contributed by atoms with Gasteiger partial charge < -0.3 is 4.98 Å². The molecule has 0 atom stereocenters. The lowest BCUT2D eigenvalue weighted by molar-refractivity contribution is 0.936. The molecule has 1 aromatic carbocycles. The van der Waals surface area contributed by atoms with Crippen LogP contribution < -0.4 is 5.56 Å². The lowest BCUT2D eigenvalue weighted by atomic mass is 10.2. The Hall–Kier alpha value is -0.970. The molecule has 3 nitrogen and oxygen atoms in total. The minimum absolute atomic E-state index is 0.167. The highest BCUT2D eigenvalue weighted by molar-refractivity contribution is 7.98. The van der Waals surface area contributed by atoms with E-state index in [9.17, 15) is 4.79 Å². The smallest absolute Gasteiger partial charge is 0.251 e. The van der Waals surface area contributed by atoms with E-state index in [0.29, 0.717) is 21.0 Å². The third-order valence-electron chi connectivity index (χ3n) is 2.02. The molecule has 0 unspecified atom stereocenters. The van der Waals surface area contributed by atoms with Crippen LogP contribution in [0.25, 0.3) is 0 Å². The molecule has 1 aromatic heterocycles. The molecule has 6 heteroatoms. The standard InChI is InChI=1S/C11H8Cl2N2OS/c12-8-1-2-9(13)7(5-8)6-17-11-14-4-3-10(16)15-11/h1-5H,6H2,(H,14,15,16). The molecule has 17 heavy (non-hydrogen) atoms. The summed E-state index contributed by atoms with van der Waals surface area (Å²) in [5, 5.41) is 1.85. The second-order valence-electron chi connectivity index (χ2n) is 3.26. The first-order valence-corrected chi connectivity index (χ1v) is 6.51. The number of aromatic amines is 1. The topological polar surface area (TPSA) is 45.8 Å². The second-order valence-corrected chi connectivity index (χ2v) is 5.07. The van der Waals surface area contributed by atoms with E-state index in [4.69, 9.17) is 23.2 Å². The van der Waals surface area contributed by atoms with E-state index in [0.717, 1.165) is 5.56 Å². The summed E-state index contributed by atoms with van der Waals surface area (Å²) in [6.07, 6.45) is 1.47. The summed E-state index contributed by atoms with van der Waals surface area (Å²) in [5.74, 6) is 0.604. The fraction of sp³-hybridized carbons (Fsp3) is 0.0909. The monoisotopic (exact) mass is 286 g/mol. The fourth-order valence-electron chi connectivity index (χ4n) is 1.23. The van der Waals surface area contributed by atoms with Gasteiger partial charge in [-0.3, -0.25) is 4.79 Å². The molecule has 0 aliphatic carbocycles. The molecular formula is C11H8Cl2N2OS. The lowest BCUT2D eigenvalue weighted by Crippen LogP contribution is -2.05. The highest BCUT2D eigenvalue weighted by atomic mass is 35.5. The number of rotatable bonds is 3. The summed E-state index contributed by atoms with van der Waals surface area (Å²) < 4.78 is 0. The van der Waals surface area contributed by atoms with Gasteiger partial charge in [0, 0.05) is 28.1 Å². The van der Waals surface area contributed by atoms with Crippen LogP contribution >= 0.6 is 35.0 Å². The normalized spacial score (nSPS) is 10.5. The minimum atomic E-state index is -0.167. The number of nitrogens with one attached hydrogen (secondary N) is 1. The highest BCUT2D eigenvalue weighted by Crippen LogP contribution is 2.26. The zero-order chi connectivity index (χ0) is 12.3. The van der Waals surface area contributed by atoms with Crippen molar-refractivity contribution in [3.05, 3.63) is 56.4 Å². The van der Waals surface area contributed by atoms with Crippen LogP contribution in [0.3, 0.4) is 0 Å². The largest absolute Gasteiger partial charge is 0.301 e. The summed E-state index contributed by atoms with van der Waals surface area (Å²) in [7, 11) is 0. The Morgan fingerprint density at radius 1 is 1.29 bits per heavy atom. The predicted molar refractivity (Wildman–Crippen MR) is 70.9 cm³/mol. The van der Waals surface area contributed by atoms with Crippen LogP contribution in [-0.2, 0) is 5.75 Å². The van der Waals surface area contributed by atoms with E-state index in [2.05, 4.69) is 9.97 Å². The van der Waals surface area contributed by atoms with Crippen molar-refractivity contribution in [1.29, 1.82) is 0 Å². The molecule has 88 valence electrons. The van der Waals surface area contributed by atoms with Gasteiger partial charge in [-0.05, 0) is 23.8 Å². The van der Waals surface area contributed by atoms with E-state index < -0.39 is 0 Å². The Morgan fingerprint density at radius 2 is 2.12 bits per heavy atom. The number of hydrogen-bond donors (Lipinski definition) is 1. The van der Waals surface area contributed by atoms with E-state index in [-0.39, 0.29) is 5.56 Å². The first-order chi connectivity index (χ1) is 8.15. The summed E-state index contributed by atoms with van der Waals surface area (Å²) >= 11 is 13.3. The van der Waals surface area contributed by atoms with E-state index in [1.165, 1.54) is 24.0 Å². The first-order valence-electron chi connectivity index (χ1n) is 4.77. The summed E-state index contributed by atoms with van der Waals surface area (Å²) in [4.78, 5) is 17.7. The third-order valence-corrected chi connectivity index (χ3v) is 3.56. The van der Waals surface area contributed by atoms with Crippen LogP contribution in [0.4, 0.5) is 0 Å². The Bertz CT molecular complexity index is 586. The minimum Gasteiger partial charge on any atom is -0.301 e. The molecule has 0 aliphatic heterocycles. The van der Waals surface area contributed by atoms with E-state index >= 15 is 0 Å². The number of thioether (sulfide) groups is 1. The molecular weight excluding hydrogens is 279 g/mol. The van der Waals surface area contributed by atoms with Gasteiger partial charge in [0.15, 0.2) is 5.16 Å². The Labute approximate surface area is 112 Å². The quantitative estimate of drug-likeness (QED) is 0.695. The average molecular weight is 287 g/mol. The molecule has 0 fully saturated rings. The molecule has 0 spiro atoms. The van der Waals surface area contributed by atoms with Gasteiger partial charge in [-0.15, -0.1) is 0 Å². The van der Waals surface area contributed by atoms with Gasteiger partial charge in [0.05, 0.1) is 0 Å². The van der Waals surface area contributed by atoms with Gasteiger partial charge in [-0.1, -0.05) is 35.0 Å². The summed E-state index contributed by atoms with van der Waals surface area (Å²) in [6.45, 7) is 0. The maximum atomic E-state index is 11.1. The van der Waals surface area contributed by atoms with Crippen LogP contribution in [0.1, 0.15) is 5.56 Å². The van der Waals surface area contributed by atoms with Gasteiger partial charge in [0.2, 0.25) is 0 Å². The van der Waals surface area contributed by atoms with Crippen molar-refractivity contribution >= 4 is 35.0 Å². The zero-order valence-corrected chi connectivity index (χ0v) is 10.9. The molecule has 0 amide bonds. The molecule has 1 N–H and O–H groups in total. The van der Waals surface area contributed by atoms with Crippen LogP contribution in [-0.4, -0.2) is 9.97 Å². The Morgan fingerprint density at radius 3 is 2.88 bits per heavy atom.